The maximum atomic E-state index is 12.5. The lowest BCUT2D eigenvalue weighted by molar-refractivity contribution is -0.115. The quantitative estimate of drug-likeness (QED) is 0.445. The van der Waals surface area contributed by atoms with Gasteiger partial charge in [-0.25, -0.2) is 9.97 Å². The molecule has 0 aliphatic heterocycles. The SMILES string of the molecule is CC(Sc1n[nH]c(-c2cccs2)n1)C(=O)Nc1nc(-c2ccccc2)cs1. The summed E-state index contributed by atoms with van der Waals surface area (Å²) in [6.45, 7) is 1.83. The minimum atomic E-state index is -0.346. The molecule has 1 unspecified atom stereocenters. The Morgan fingerprint density at radius 1 is 1.15 bits per heavy atom. The van der Waals surface area contributed by atoms with Gasteiger partial charge >= 0.3 is 0 Å². The molecule has 136 valence electrons. The van der Waals surface area contributed by atoms with Crippen LogP contribution in [-0.2, 0) is 4.79 Å². The molecule has 1 amide bonds. The number of amides is 1. The zero-order valence-corrected chi connectivity index (χ0v) is 16.7. The van der Waals surface area contributed by atoms with Gasteiger partial charge in [0.15, 0.2) is 11.0 Å². The third-order valence-corrected chi connectivity index (χ3v) is 6.27. The topological polar surface area (TPSA) is 83.6 Å². The Bertz CT molecular complexity index is 1030. The second-order valence-electron chi connectivity index (χ2n) is 5.60. The van der Waals surface area contributed by atoms with E-state index in [0.717, 1.165) is 16.1 Å². The fraction of sp³-hybridized carbons (Fsp3) is 0.111. The van der Waals surface area contributed by atoms with Gasteiger partial charge in [0.25, 0.3) is 0 Å². The number of thioether (sulfide) groups is 1. The summed E-state index contributed by atoms with van der Waals surface area (Å²) >= 11 is 4.31. The van der Waals surface area contributed by atoms with E-state index in [1.165, 1.54) is 23.1 Å². The fourth-order valence-electron chi connectivity index (χ4n) is 2.31. The lowest BCUT2D eigenvalue weighted by atomic mass is 10.2. The highest BCUT2D eigenvalue weighted by Crippen LogP contribution is 2.27. The normalized spacial score (nSPS) is 12.0. The number of thiazole rings is 1. The summed E-state index contributed by atoms with van der Waals surface area (Å²) in [6, 6.07) is 13.8. The second-order valence-corrected chi connectivity index (χ2v) is 8.71. The van der Waals surface area contributed by atoms with Gasteiger partial charge in [-0.3, -0.25) is 9.89 Å². The van der Waals surface area contributed by atoms with E-state index in [2.05, 4.69) is 25.5 Å². The number of hydrogen-bond donors (Lipinski definition) is 2. The molecular formula is C18H15N5OS3. The smallest absolute Gasteiger partial charge is 0.239 e. The number of anilines is 1. The van der Waals surface area contributed by atoms with Gasteiger partial charge in [-0.15, -0.1) is 27.8 Å². The molecule has 3 heterocycles. The monoisotopic (exact) mass is 413 g/mol. The average Bonchev–Trinajstić information content (AvgIpc) is 3.44. The Labute approximate surface area is 168 Å². The molecule has 0 aliphatic rings. The molecule has 0 radical (unpaired) electrons. The third-order valence-electron chi connectivity index (χ3n) is 3.67. The van der Waals surface area contributed by atoms with Crippen LogP contribution in [0.25, 0.3) is 22.0 Å². The average molecular weight is 414 g/mol. The van der Waals surface area contributed by atoms with Crippen molar-refractivity contribution in [3.8, 4) is 22.0 Å². The molecule has 0 aliphatic carbocycles. The van der Waals surface area contributed by atoms with Gasteiger partial charge in [-0.05, 0) is 18.4 Å². The zero-order chi connectivity index (χ0) is 18.6. The molecule has 4 rings (SSSR count). The molecule has 0 saturated carbocycles. The van der Waals surface area contributed by atoms with E-state index in [4.69, 9.17) is 0 Å². The molecule has 0 fully saturated rings. The Kier molecular flexibility index (Phi) is 5.33. The van der Waals surface area contributed by atoms with Gasteiger partial charge in [0.1, 0.15) is 0 Å². The number of nitrogens with one attached hydrogen (secondary N) is 2. The lowest BCUT2D eigenvalue weighted by Gasteiger charge is -2.07. The van der Waals surface area contributed by atoms with E-state index < -0.39 is 0 Å². The van der Waals surface area contributed by atoms with E-state index in [0.29, 0.717) is 16.1 Å². The summed E-state index contributed by atoms with van der Waals surface area (Å²) in [5.41, 5.74) is 1.88. The van der Waals surface area contributed by atoms with Crippen LogP contribution in [0.4, 0.5) is 5.13 Å². The number of benzene rings is 1. The molecule has 9 heteroatoms. The van der Waals surface area contributed by atoms with Crippen molar-refractivity contribution in [1.29, 1.82) is 0 Å². The molecule has 27 heavy (non-hydrogen) atoms. The minimum Gasteiger partial charge on any atom is -0.301 e. The highest BCUT2D eigenvalue weighted by molar-refractivity contribution is 8.00. The molecule has 0 bridgehead atoms. The van der Waals surface area contributed by atoms with E-state index in [-0.39, 0.29) is 11.2 Å². The van der Waals surface area contributed by atoms with Crippen molar-refractivity contribution in [1.82, 2.24) is 20.2 Å². The first-order valence-electron chi connectivity index (χ1n) is 8.14. The van der Waals surface area contributed by atoms with Gasteiger partial charge in [0.2, 0.25) is 11.1 Å². The first-order valence-corrected chi connectivity index (χ1v) is 10.8. The van der Waals surface area contributed by atoms with Gasteiger partial charge in [0.05, 0.1) is 15.8 Å². The van der Waals surface area contributed by atoms with Crippen LogP contribution in [0.1, 0.15) is 6.92 Å². The van der Waals surface area contributed by atoms with Gasteiger partial charge in [-0.1, -0.05) is 48.2 Å². The number of aromatic amines is 1. The zero-order valence-electron chi connectivity index (χ0n) is 14.2. The van der Waals surface area contributed by atoms with Crippen LogP contribution in [0.5, 0.6) is 0 Å². The van der Waals surface area contributed by atoms with Crippen molar-refractivity contribution in [2.75, 3.05) is 5.32 Å². The van der Waals surface area contributed by atoms with Crippen molar-refractivity contribution in [2.24, 2.45) is 0 Å². The van der Waals surface area contributed by atoms with E-state index in [1.807, 2.05) is 60.1 Å². The van der Waals surface area contributed by atoms with Crippen LogP contribution in [0.2, 0.25) is 0 Å². The van der Waals surface area contributed by atoms with Gasteiger partial charge < -0.3 is 5.32 Å². The van der Waals surface area contributed by atoms with E-state index >= 15 is 0 Å². The standard InChI is InChI=1S/C18H15N5OS3/c1-11(27-18-20-15(22-23-18)14-8-5-9-25-14)16(24)21-17-19-13(10-26-17)12-6-3-2-4-7-12/h2-11H,1H3,(H,19,21,24)(H,20,22,23). The minimum absolute atomic E-state index is 0.128. The summed E-state index contributed by atoms with van der Waals surface area (Å²) in [5.74, 6) is 0.587. The van der Waals surface area contributed by atoms with Crippen molar-refractivity contribution in [2.45, 2.75) is 17.3 Å². The van der Waals surface area contributed by atoms with Crippen molar-refractivity contribution in [3.63, 3.8) is 0 Å². The van der Waals surface area contributed by atoms with Crippen LogP contribution in [0.3, 0.4) is 0 Å². The predicted octanol–water partition coefficient (Wildman–Crippen LogP) is 4.78. The van der Waals surface area contributed by atoms with Crippen LogP contribution in [0.15, 0.2) is 58.4 Å². The van der Waals surface area contributed by atoms with Crippen molar-refractivity contribution >= 4 is 45.5 Å². The number of hydrogen-bond acceptors (Lipinski definition) is 7. The third kappa shape index (κ3) is 4.26. The Balaban J connectivity index is 1.38. The van der Waals surface area contributed by atoms with Crippen molar-refractivity contribution < 1.29 is 4.79 Å². The molecular weight excluding hydrogens is 398 g/mol. The Morgan fingerprint density at radius 2 is 2.00 bits per heavy atom. The molecule has 6 nitrogen and oxygen atoms in total. The van der Waals surface area contributed by atoms with E-state index in [1.54, 1.807) is 11.3 Å². The molecule has 0 saturated heterocycles. The van der Waals surface area contributed by atoms with Crippen LogP contribution in [-0.4, -0.2) is 31.3 Å². The van der Waals surface area contributed by atoms with E-state index in [9.17, 15) is 4.79 Å². The molecule has 1 aromatic carbocycles. The number of carbonyl (C=O) groups is 1. The number of aromatic nitrogens is 4. The largest absolute Gasteiger partial charge is 0.301 e. The summed E-state index contributed by atoms with van der Waals surface area (Å²) in [7, 11) is 0. The van der Waals surface area contributed by atoms with Crippen LogP contribution < -0.4 is 5.32 Å². The lowest BCUT2D eigenvalue weighted by Crippen LogP contribution is -2.22. The summed E-state index contributed by atoms with van der Waals surface area (Å²) in [5, 5.41) is 14.7. The highest BCUT2D eigenvalue weighted by atomic mass is 32.2. The Hall–Kier alpha value is -2.49. The summed E-state index contributed by atoms with van der Waals surface area (Å²) in [6.07, 6.45) is 0. The Morgan fingerprint density at radius 3 is 2.78 bits per heavy atom. The summed E-state index contributed by atoms with van der Waals surface area (Å²) < 4.78 is 0. The fourth-order valence-corrected chi connectivity index (χ4v) is 4.42. The van der Waals surface area contributed by atoms with Gasteiger partial charge in [-0.2, -0.15) is 0 Å². The predicted molar refractivity (Wildman–Crippen MR) is 111 cm³/mol. The number of nitrogens with zero attached hydrogens (tertiary/aromatic N) is 3. The first kappa shape index (κ1) is 17.9. The molecule has 4 aromatic rings. The maximum absolute atomic E-state index is 12.5. The van der Waals surface area contributed by atoms with Crippen LogP contribution in [0, 0.1) is 0 Å². The molecule has 0 spiro atoms. The number of rotatable bonds is 6. The van der Waals surface area contributed by atoms with Crippen LogP contribution >= 0.6 is 34.4 Å². The van der Waals surface area contributed by atoms with Crippen molar-refractivity contribution in [3.05, 3.63) is 53.2 Å². The number of carbonyl (C=O) groups excluding carboxylic acids is 1. The van der Waals surface area contributed by atoms with Gasteiger partial charge in [0, 0.05) is 10.9 Å². The highest BCUT2D eigenvalue weighted by Gasteiger charge is 2.19. The number of thiophene rings is 1. The molecule has 1 atom stereocenters. The maximum Gasteiger partial charge on any atom is 0.239 e. The molecule has 2 N–H and O–H groups in total. The summed E-state index contributed by atoms with van der Waals surface area (Å²) in [4.78, 5) is 22.4. The molecule has 3 aromatic heterocycles. The second kappa shape index (κ2) is 8.03. The number of H-pyrrole nitrogens is 1. The first-order chi connectivity index (χ1) is 13.2.